The van der Waals surface area contributed by atoms with Crippen LogP contribution in [0.3, 0.4) is 0 Å². The second kappa shape index (κ2) is 7.37. The minimum absolute atomic E-state index is 0.0320. The molecule has 0 aliphatic rings. The van der Waals surface area contributed by atoms with E-state index < -0.39 is 5.92 Å². The lowest BCUT2D eigenvalue weighted by Gasteiger charge is -2.15. The maximum atomic E-state index is 12.8. The smallest absolute Gasteiger partial charge is 0.171 e. The first-order valence-corrected chi connectivity index (χ1v) is 6.81. The fourth-order valence-corrected chi connectivity index (χ4v) is 2.37. The summed E-state index contributed by atoms with van der Waals surface area (Å²) in [5.41, 5.74) is 2.35. The summed E-state index contributed by atoms with van der Waals surface area (Å²) < 4.78 is 5.15. The van der Waals surface area contributed by atoms with Crippen LogP contribution in [0.15, 0.2) is 54.6 Å². The van der Waals surface area contributed by atoms with Crippen LogP contribution in [0.25, 0.3) is 0 Å². The second-order valence-corrected chi connectivity index (χ2v) is 4.78. The fourth-order valence-electron chi connectivity index (χ4n) is 2.37. The second-order valence-electron chi connectivity index (χ2n) is 4.78. The molecule has 0 amide bonds. The van der Waals surface area contributed by atoms with Gasteiger partial charge in [0.2, 0.25) is 0 Å². The molecule has 0 spiro atoms. The molecule has 0 fully saturated rings. The van der Waals surface area contributed by atoms with E-state index in [1.807, 2.05) is 48.5 Å². The third-order valence-corrected chi connectivity index (χ3v) is 3.40. The van der Waals surface area contributed by atoms with Gasteiger partial charge >= 0.3 is 0 Å². The molecule has 1 atom stereocenters. The lowest BCUT2D eigenvalue weighted by atomic mass is 9.87. The Bertz CT molecular complexity index is 644. The van der Waals surface area contributed by atoms with Crippen molar-refractivity contribution in [3.8, 4) is 6.07 Å². The highest BCUT2D eigenvalue weighted by Crippen LogP contribution is 2.26. The number of carbonyl (C=O) groups excluding carboxylic acids is 1. The first kappa shape index (κ1) is 15.0. The fraction of sp³-hybridized carbons (Fsp3) is 0.222. The standard InChI is InChI=1S/C18H17NO2/c1-21-13-15-9-5-6-10-16(15)18(20)17(11-12-19)14-7-3-2-4-8-14/h2-10,17H,11,13H2,1H3. The molecule has 3 heteroatoms. The summed E-state index contributed by atoms with van der Waals surface area (Å²) >= 11 is 0. The largest absolute Gasteiger partial charge is 0.380 e. The van der Waals surface area contributed by atoms with Crippen molar-refractivity contribution in [3.05, 3.63) is 71.3 Å². The Morgan fingerprint density at radius 2 is 1.81 bits per heavy atom. The molecule has 0 saturated carbocycles. The summed E-state index contributed by atoms with van der Waals surface area (Å²) in [5.74, 6) is -0.468. The van der Waals surface area contributed by atoms with Crippen LogP contribution >= 0.6 is 0 Å². The number of rotatable bonds is 6. The van der Waals surface area contributed by atoms with Gasteiger partial charge in [-0.05, 0) is 11.1 Å². The Hall–Kier alpha value is -2.44. The van der Waals surface area contributed by atoms with Gasteiger partial charge in [0.25, 0.3) is 0 Å². The monoisotopic (exact) mass is 279 g/mol. The minimum Gasteiger partial charge on any atom is -0.380 e. The molecule has 0 saturated heterocycles. The Labute approximate surface area is 124 Å². The maximum Gasteiger partial charge on any atom is 0.171 e. The molecule has 0 aliphatic heterocycles. The average Bonchev–Trinajstić information content (AvgIpc) is 2.54. The average molecular weight is 279 g/mol. The lowest BCUT2D eigenvalue weighted by molar-refractivity contribution is 0.0955. The number of Topliss-reactive ketones (excluding diaryl/α,β-unsaturated/α-hetero) is 1. The molecule has 21 heavy (non-hydrogen) atoms. The van der Waals surface area contributed by atoms with E-state index in [1.54, 1.807) is 13.2 Å². The Balaban J connectivity index is 2.38. The van der Waals surface area contributed by atoms with E-state index in [0.29, 0.717) is 12.2 Å². The van der Waals surface area contributed by atoms with Gasteiger partial charge < -0.3 is 4.74 Å². The van der Waals surface area contributed by atoms with Crippen LogP contribution in [0, 0.1) is 11.3 Å². The van der Waals surface area contributed by atoms with E-state index in [2.05, 4.69) is 6.07 Å². The van der Waals surface area contributed by atoms with Gasteiger partial charge in [-0.2, -0.15) is 5.26 Å². The lowest BCUT2D eigenvalue weighted by Crippen LogP contribution is -2.15. The number of carbonyl (C=O) groups is 1. The van der Waals surface area contributed by atoms with Gasteiger partial charge in [-0.15, -0.1) is 0 Å². The third-order valence-electron chi connectivity index (χ3n) is 3.40. The van der Waals surface area contributed by atoms with Crippen molar-refractivity contribution in [1.29, 1.82) is 5.26 Å². The van der Waals surface area contributed by atoms with Gasteiger partial charge in [-0.1, -0.05) is 54.6 Å². The van der Waals surface area contributed by atoms with Gasteiger partial charge in [0.15, 0.2) is 5.78 Å². The van der Waals surface area contributed by atoms with Crippen LogP contribution in [0.4, 0.5) is 0 Å². The van der Waals surface area contributed by atoms with Crippen LogP contribution in [0.2, 0.25) is 0 Å². The van der Waals surface area contributed by atoms with Crippen molar-refractivity contribution in [2.24, 2.45) is 0 Å². The number of methoxy groups -OCH3 is 1. The molecule has 3 nitrogen and oxygen atoms in total. The van der Waals surface area contributed by atoms with E-state index in [9.17, 15) is 4.79 Å². The SMILES string of the molecule is COCc1ccccc1C(=O)C(CC#N)c1ccccc1. The molecule has 2 aromatic rings. The quantitative estimate of drug-likeness (QED) is 0.757. The molecule has 0 N–H and O–H groups in total. The van der Waals surface area contributed by atoms with Crippen molar-refractivity contribution < 1.29 is 9.53 Å². The van der Waals surface area contributed by atoms with Gasteiger partial charge in [0.1, 0.15) is 0 Å². The molecular weight excluding hydrogens is 262 g/mol. The predicted octanol–water partition coefficient (Wildman–Crippen LogP) is 3.71. The summed E-state index contributed by atoms with van der Waals surface area (Å²) in [5, 5.41) is 9.04. The van der Waals surface area contributed by atoms with Gasteiger partial charge in [0.05, 0.1) is 18.6 Å². The van der Waals surface area contributed by atoms with Crippen LogP contribution in [-0.2, 0) is 11.3 Å². The Morgan fingerprint density at radius 1 is 1.14 bits per heavy atom. The normalized spacial score (nSPS) is 11.6. The number of benzene rings is 2. The molecule has 0 heterocycles. The highest BCUT2D eigenvalue weighted by Gasteiger charge is 2.23. The molecule has 0 aliphatic carbocycles. The number of hydrogen-bond acceptors (Lipinski definition) is 3. The van der Waals surface area contributed by atoms with Crippen molar-refractivity contribution in [2.45, 2.75) is 18.9 Å². The van der Waals surface area contributed by atoms with E-state index in [-0.39, 0.29) is 12.2 Å². The third kappa shape index (κ3) is 3.56. The molecule has 0 radical (unpaired) electrons. The Kier molecular flexibility index (Phi) is 5.25. The van der Waals surface area contributed by atoms with E-state index in [4.69, 9.17) is 10.00 Å². The molecule has 2 rings (SSSR count). The summed E-state index contributed by atoms with van der Waals surface area (Å²) in [6, 6.07) is 18.9. The molecule has 0 bridgehead atoms. The van der Waals surface area contributed by atoms with Crippen LogP contribution in [0.5, 0.6) is 0 Å². The van der Waals surface area contributed by atoms with E-state index in [0.717, 1.165) is 11.1 Å². The first-order chi connectivity index (χ1) is 10.3. The molecule has 106 valence electrons. The molecule has 1 unspecified atom stereocenters. The Morgan fingerprint density at radius 3 is 2.48 bits per heavy atom. The predicted molar refractivity (Wildman–Crippen MR) is 80.9 cm³/mol. The zero-order chi connectivity index (χ0) is 15.1. The minimum atomic E-state index is -0.436. The molecule has 2 aromatic carbocycles. The highest BCUT2D eigenvalue weighted by atomic mass is 16.5. The molecular formula is C18H17NO2. The van der Waals surface area contributed by atoms with Crippen molar-refractivity contribution in [1.82, 2.24) is 0 Å². The highest BCUT2D eigenvalue weighted by molar-refractivity contribution is 6.02. The zero-order valence-electron chi connectivity index (χ0n) is 12.0. The van der Waals surface area contributed by atoms with Crippen LogP contribution in [0.1, 0.15) is 33.8 Å². The van der Waals surface area contributed by atoms with Crippen LogP contribution < -0.4 is 0 Å². The van der Waals surface area contributed by atoms with Crippen molar-refractivity contribution in [3.63, 3.8) is 0 Å². The first-order valence-electron chi connectivity index (χ1n) is 6.81. The summed E-state index contributed by atoms with van der Waals surface area (Å²) in [6.07, 6.45) is 0.171. The van der Waals surface area contributed by atoms with Crippen molar-refractivity contribution >= 4 is 5.78 Å². The maximum absolute atomic E-state index is 12.8. The van der Waals surface area contributed by atoms with Gasteiger partial charge in [0, 0.05) is 19.1 Å². The van der Waals surface area contributed by atoms with Crippen LogP contribution in [-0.4, -0.2) is 12.9 Å². The van der Waals surface area contributed by atoms with E-state index >= 15 is 0 Å². The van der Waals surface area contributed by atoms with Crippen molar-refractivity contribution in [2.75, 3.05) is 7.11 Å². The topological polar surface area (TPSA) is 50.1 Å². The number of nitriles is 1. The summed E-state index contributed by atoms with van der Waals surface area (Å²) in [4.78, 5) is 12.8. The van der Waals surface area contributed by atoms with E-state index in [1.165, 1.54) is 0 Å². The summed E-state index contributed by atoms with van der Waals surface area (Å²) in [6.45, 7) is 0.385. The number of ether oxygens (including phenoxy) is 1. The molecule has 0 aromatic heterocycles. The van der Waals surface area contributed by atoms with Gasteiger partial charge in [-0.3, -0.25) is 4.79 Å². The number of hydrogen-bond donors (Lipinski definition) is 0. The number of ketones is 1. The number of nitrogens with zero attached hydrogens (tertiary/aromatic N) is 1. The van der Waals surface area contributed by atoms with Gasteiger partial charge in [-0.25, -0.2) is 0 Å². The zero-order valence-corrected chi connectivity index (χ0v) is 12.0. The summed E-state index contributed by atoms with van der Waals surface area (Å²) in [7, 11) is 1.60.